The van der Waals surface area contributed by atoms with E-state index < -0.39 is 41.8 Å². The van der Waals surface area contributed by atoms with Gasteiger partial charge in [-0.1, -0.05) is 101 Å². The molecule has 1 saturated carbocycles. The van der Waals surface area contributed by atoms with E-state index >= 15 is 0 Å². The molecule has 326 valence electrons. The number of hydrogen-bond acceptors (Lipinski definition) is 6. The second kappa shape index (κ2) is 23.1. The van der Waals surface area contributed by atoms with Crippen molar-refractivity contribution in [3.8, 4) is 0 Å². The fourth-order valence-electron chi connectivity index (χ4n) is 7.75. The van der Waals surface area contributed by atoms with Crippen molar-refractivity contribution < 1.29 is 37.5 Å². The lowest BCUT2D eigenvalue weighted by molar-refractivity contribution is -0.136. The summed E-state index contributed by atoms with van der Waals surface area (Å²) < 4.78 is 34.3. The van der Waals surface area contributed by atoms with Crippen molar-refractivity contribution in [3.05, 3.63) is 107 Å². The minimum Gasteiger partial charge on any atom is -0.368 e. The van der Waals surface area contributed by atoms with Crippen LogP contribution in [0.4, 0.5) is 8.78 Å². The van der Waals surface area contributed by atoms with Gasteiger partial charge in [-0.3, -0.25) is 24.0 Å². The number of ketones is 1. The molecule has 4 N–H and O–H groups in total. The number of alkyl halides is 2. The Labute approximate surface area is 354 Å². The molecule has 6 unspecified atom stereocenters. The Morgan fingerprint density at radius 2 is 1.35 bits per heavy atom. The molecule has 10 nitrogen and oxygen atoms in total. The quantitative estimate of drug-likeness (QED) is 0.0786. The number of ether oxygens (including phenoxy) is 1. The van der Waals surface area contributed by atoms with E-state index in [9.17, 15) is 32.8 Å². The van der Waals surface area contributed by atoms with Crippen molar-refractivity contribution in [2.24, 2.45) is 17.8 Å². The highest BCUT2D eigenvalue weighted by Gasteiger charge is 2.33. The second-order valence-electron chi connectivity index (χ2n) is 16.8. The maximum absolute atomic E-state index is 14.2. The van der Waals surface area contributed by atoms with Gasteiger partial charge in [0.15, 0.2) is 5.78 Å². The van der Waals surface area contributed by atoms with Crippen molar-refractivity contribution in [1.29, 1.82) is 0 Å². The number of unbranched alkanes of at least 4 members (excludes halogenated alkanes) is 1. The van der Waals surface area contributed by atoms with E-state index in [1.807, 2.05) is 49.4 Å². The van der Waals surface area contributed by atoms with E-state index in [0.29, 0.717) is 48.3 Å². The molecule has 0 saturated heterocycles. The first-order valence-corrected chi connectivity index (χ1v) is 21.4. The van der Waals surface area contributed by atoms with Crippen molar-refractivity contribution in [2.75, 3.05) is 13.2 Å². The minimum atomic E-state index is -3.07. The molecule has 1 aliphatic carbocycles. The Morgan fingerprint density at radius 3 is 1.93 bits per heavy atom. The van der Waals surface area contributed by atoms with Crippen LogP contribution in [0.5, 0.6) is 0 Å². The lowest BCUT2D eigenvalue weighted by Crippen LogP contribution is -2.57. The summed E-state index contributed by atoms with van der Waals surface area (Å²) in [4.78, 5) is 67.1. The van der Waals surface area contributed by atoms with Gasteiger partial charge >= 0.3 is 0 Å². The van der Waals surface area contributed by atoms with Crippen LogP contribution in [-0.2, 0) is 49.1 Å². The van der Waals surface area contributed by atoms with E-state index in [2.05, 4.69) is 42.0 Å². The molecule has 3 aromatic rings. The normalized spacial score (nSPS) is 18.2. The molecule has 3 aromatic carbocycles. The SMILES string of the molecule is CCc1ccc(C(=O)NCCCCC(NC(=O)C(Cc2ccc(C(C)(F)F)cc2)NC(=O)C(Cc2ccccc2)NC(=O)COC2CC(C)CCC2C(C)C)C(C)=O)cc1. The maximum atomic E-state index is 14.2. The summed E-state index contributed by atoms with van der Waals surface area (Å²) in [7, 11) is 0. The fourth-order valence-corrected chi connectivity index (χ4v) is 7.75. The predicted molar refractivity (Wildman–Crippen MR) is 229 cm³/mol. The van der Waals surface area contributed by atoms with Gasteiger partial charge in [0, 0.05) is 37.4 Å². The molecule has 0 heterocycles. The van der Waals surface area contributed by atoms with Gasteiger partial charge in [-0.15, -0.1) is 0 Å². The van der Waals surface area contributed by atoms with Gasteiger partial charge < -0.3 is 26.0 Å². The topological polar surface area (TPSA) is 143 Å². The van der Waals surface area contributed by atoms with Crippen LogP contribution in [0.3, 0.4) is 0 Å². The summed E-state index contributed by atoms with van der Waals surface area (Å²) in [6.45, 7) is 10.9. The number of carbonyl (C=O) groups is 5. The zero-order chi connectivity index (χ0) is 43.8. The number of nitrogens with one attached hydrogen (secondary N) is 4. The molecule has 1 fully saturated rings. The molecule has 6 atom stereocenters. The number of halogens is 2. The summed E-state index contributed by atoms with van der Waals surface area (Å²) in [6.07, 6.45) is 5.17. The highest BCUT2D eigenvalue weighted by Crippen LogP contribution is 2.35. The van der Waals surface area contributed by atoms with E-state index in [1.165, 1.54) is 31.2 Å². The second-order valence-corrected chi connectivity index (χ2v) is 16.8. The third-order valence-electron chi connectivity index (χ3n) is 11.5. The molecule has 4 rings (SSSR count). The molecule has 12 heteroatoms. The third-order valence-corrected chi connectivity index (χ3v) is 11.5. The van der Waals surface area contributed by atoms with Crippen LogP contribution < -0.4 is 21.3 Å². The van der Waals surface area contributed by atoms with E-state index in [1.54, 1.807) is 12.1 Å². The predicted octanol–water partition coefficient (Wildman–Crippen LogP) is 7.27. The van der Waals surface area contributed by atoms with Crippen molar-refractivity contribution >= 4 is 29.4 Å². The maximum Gasteiger partial charge on any atom is 0.270 e. The Morgan fingerprint density at radius 1 is 0.767 bits per heavy atom. The Kier molecular flexibility index (Phi) is 18.4. The average molecular weight is 831 g/mol. The van der Waals surface area contributed by atoms with Crippen molar-refractivity contribution in [1.82, 2.24) is 21.3 Å². The Balaban J connectivity index is 1.46. The van der Waals surface area contributed by atoms with Gasteiger partial charge in [-0.25, -0.2) is 8.78 Å². The standard InChI is InChI=1S/C48H64F2N4O6/c1-7-34-17-21-37(22-18-34)45(57)51-26-12-11-15-40(33(5)55)53-47(59)42(29-36-19-23-38(24-20-36)48(6,49)50)54-46(58)41(28-35-13-9-8-10-14-35)52-44(56)30-60-43-27-32(4)16-25-39(43)31(2)3/h8-10,13-14,17-24,31-32,39-43H,7,11-12,15-16,25-30H2,1-6H3,(H,51,57)(H,52,56)(H,53,59)(H,54,58). The minimum absolute atomic E-state index is 0.0748. The molecule has 0 radical (unpaired) electrons. The molecular weight excluding hydrogens is 767 g/mol. The van der Waals surface area contributed by atoms with Crippen LogP contribution in [-0.4, -0.2) is 66.8 Å². The van der Waals surface area contributed by atoms with Gasteiger partial charge in [-0.05, 0) is 92.0 Å². The number of aryl methyl sites for hydroxylation is 1. The number of carbonyl (C=O) groups excluding carboxylic acids is 5. The number of amides is 4. The van der Waals surface area contributed by atoms with E-state index in [-0.39, 0.29) is 49.2 Å². The average Bonchev–Trinajstić information content (AvgIpc) is 3.21. The summed E-state index contributed by atoms with van der Waals surface area (Å²) in [6, 6.07) is 18.9. The molecule has 0 spiro atoms. The van der Waals surface area contributed by atoms with Crippen LogP contribution in [0.25, 0.3) is 0 Å². The Bertz CT molecular complexity index is 1850. The molecule has 1 aliphatic rings. The first-order chi connectivity index (χ1) is 28.5. The van der Waals surface area contributed by atoms with E-state index in [4.69, 9.17) is 4.74 Å². The van der Waals surface area contributed by atoms with Gasteiger partial charge in [0.05, 0.1) is 12.1 Å². The number of benzene rings is 3. The van der Waals surface area contributed by atoms with Crippen LogP contribution in [0.15, 0.2) is 78.9 Å². The number of hydrogen-bond donors (Lipinski definition) is 4. The van der Waals surface area contributed by atoms with E-state index in [0.717, 1.165) is 43.7 Å². The summed E-state index contributed by atoms with van der Waals surface area (Å²) in [5.74, 6) is -4.10. The highest BCUT2D eigenvalue weighted by atomic mass is 19.3. The Hall–Kier alpha value is -4.97. The molecule has 60 heavy (non-hydrogen) atoms. The first-order valence-electron chi connectivity index (χ1n) is 21.4. The van der Waals surface area contributed by atoms with Crippen LogP contribution >= 0.6 is 0 Å². The molecule has 0 aliphatic heterocycles. The summed E-state index contributed by atoms with van der Waals surface area (Å²) in [5.41, 5.74) is 2.77. The van der Waals surface area contributed by atoms with Gasteiger partial charge in [0.1, 0.15) is 18.7 Å². The molecule has 0 aromatic heterocycles. The monoisotopic (exact) mass is 830 g/mol. The molecule has 0 bridgehead atoms. The lowest BCUT2D eigenvalue weighted by Gasteiger charge is -2.37. The first kappa shape index (κ1) is 47.7. The van der Waals surface area contributed by atoms with Gasteiger partial charge in [0.25, 0.3) is 11.8 Å². The summed E-state index contributed by atoms with van der Waals surface area (Å²) in [5, 5.41) is 11.3. The molecule has 4 amide bonds. The smallest absolute Gasteiger partial charge is 0.270 e. The van der Waals surface area contributed by atoms with Gasteiger partial charge in [-0.2, -0.15) is 0 Å². The zero-order valence-corrected chi connectivity index (χ0v) is 36.0. The number of rotatable bonds is 22. The van der Waals surface area contributed by atoms with Crippen molar-refractivity contribution in [3.63, 3.8) is 0 Å². The fraction of sp³-hybridized carbons (Fsp3) is 0.521. The van der Waals surface area contributed by atoms with Crippen LogP contribution in [0.1, 0.15) is 113 Å². The number of Topliss-reactive ketones (excluding diaryl/α,β-unsaturated/α-hetero) is 1. The highest BCUT2D eigenvalue weighted by molar-refractivity contribution is 5.95. The largest absolute Gasteiger partial charge is 0.368 e. The molecular formula is C48H64F2N4O6. The van der Waals surface area contributed by atoms with Gasteiger partial charge in [0.2, 0.25) is 17.7 Å². The van der Waals surface area contributed by atoms with Crippen molar-refractivity contribution in [2.45, 2.75) is 129 Å². The third kappa shape index (κ3) is 15.2. The van der Waals surface area contributed by atoms with Crippen LogP contribution in [0.2, 0.25) is 0 Å². The lowest BCUT2D eigenvalue weighted by atomic mass is 9.75. The van der Waals surface area contributed by atoms with Crippen LogP contribution in [0, 0.1) is 17.8 Å². The summed E-state index contributed by atoms with van der Waals surface area (Å²) >= 11 is 0. The zero-order valence-electron chi connectivity index (χ0n) is 36.0.